The first-order valence-electron chi connectivity index (χ1n) is 9.33. The van der Waals surface area contributed by atoms with Gasteiger partial charge in [0.1, 0.15) is 23.8 Å². The number of hydrogen-bond donors (Lipinski definition) is 2. The molecule has 5 nitrogen and oxygen atoms in total. The van der Waals surface area contributed by atoms with Gasteiger partial charge >= 0.3 is 0 Å². The molecule has 2 N–H and O–H groups in total. The number of aromatic nitrogens is 2. The largest absolute Gasteiger partial charge is 0.490 e. The van der Waals surface area contributed by atoms with Gasteiger partial charge in [-0.1, -0.05) is 6.07 Å². The van der Waals surface area contributed by atoms with Crippen molar-refractivity contribution < 1.29 is 9.84 Å². The molecule has 0 bridgehead atoms. The molecule has 0 spiro atoms. The molecule has 0 radical (unpaired) electrons. The summed E-state index contributed by atoms with van der Waals surface area (Å²) in [4.78, 5) is 9.03. The topological polar surface area (TPSA) is 67.3 Å². The van der Waals surface area contributed by atoms with Crippen molar-refractivity contribution in [3.63, 3.8) is 0 Å². The molecule has 1 unspecified atom stereocenters. The fraction of sp³-hybridized carbons (Fsp3) is 0.524. The van der Waals surface area contributed by atoms with Crippen LogP contribution in [0.3, 0.4) is 0 Å². The van der Waals surface area contributed by atoms with Crippen molar-refractivity contribution in [2.45, 2.75) is 52.1 Å². The molecular weight excluding hydrogens is 362 g/mol. The first kappa shape index (κ1) is 21.6. The Morgan fingerprint density at radius 3 is 2.41 bits per heavy atom. The van der Waals surface area contributed by atoms with Crippen LogP contribution >= 0.6 is 12.4 Å². The monoisotopic (exact) mass is 391 g/mol. The van der Waals surface area contributed by atoms with E-state index in [9.17, 15) is 5.11 Å². The smallest absolute Gasteiger partial charge is 0.125 e. The van der Waals surface area contributed by atoms with Crippen LogP contribution in [0.1, 0.15) is 53.9 Å². The van der Waals surface area contributed by atoms with E-state index in [1.54, 1.807) is 13.1 Å². The van der Waals surface area contributed by atoms with Gasteiger partial charge in [0.2, 0.25) is 0 Å². The second kappa shape index (κ2) is 9.00. The number of aryl methyl sites for hydroxylation is 3. The SMILES string of the molecule is Cc1cc(C)cc(OCC(C)(O)c2cnc(C)nc2C2CCNCC2)c1.Cl. The minimum atomic E-state index is -1.15. The van der Waals surface area contributed by atoms with Gasteiger partial charge in [-0.25, -0.2) is 9.97 Å². The number of ether oxygens (including phenoxy) is 1. The minimum absolute atomic E-state index is 0. The maximum absolute atomic E-state index is 11.2. The van der Waals surface area contributed by atoms with Gasteiger partial charge in [-0.3, -0.25) is 0 Å². The van der Waals surface area contributed by atoms with Crippen LogP contribution in [0.15, 0.2) is 24.4 Å². The van der Waals surface area contributed by atoms with Crippen LogP contribution in [0, 0.1) is 20.8 Å². The van der Waals surface area contributed by atoms with Gasteiger partial charge in [-0.2, -0.15) is 0 Å². The first-order valence-corrected chi connectivity index (χ1v) is 9.33. The van der Waals surface area contributed by atoms with Crippen molar-refractivity contribution in [1.82, 2.24) is 15.3 Å². The van der Waals surface area contributed by atoms with Crippen molar-refractivity contribution in [3.05, 3.63) is 52.6 Å². The number of rotatable bonds is 5. The van der Waals surface area contributed by atoms with Gasteiger partial charge in [0.15, 0.2) is 0 Å². The van der Waals surface area contributed by atoms with Crippen molar-refractivity contribution in [1.29, 1.82) is 0 Å². The Morgan fingerprint density at radius 2 is 1.78 bits per heavy atom. The molecule has 0 aliphatic carbocycles. The molecule has 0 saturated carbocycles. The molecule has 1 aromatic carbocycles. The van der Waals surface area contributed by atoms with Crippen LogP contribution in [0.5, 0.6) is 5.75 Å². The highest BCUT2D eigenvalue weighted by Crippen LogP contribution is 2.33. The predicted molar refractivity (Wildman–Crippen MR) is 110 cm³/mol. The Kier molecular flexibility index (Phi) is 7.20. The molecule has 1 saturated heterocycles. The maximum atomic E-state index is 11.2. The highest BCUT2D eigenvalue weighted by molar-refractivity contribution is 5.85. The Labute approximate surface area is 168 Å². The van der Waals surface area contributed by atoms with E-state index in [2.05, 4.69) is 16.4 Å². The molecular formula is C21H30ClN3O2. The lowest BCUT2D eigenvalue weighted by atomic mass is 9.86. The van der Waals surface area contributed by atoms with E-state index >= 15 is 0 Å². The van der Waals surface area contributed by atoms with Crippen LogP contribution in [0.4, 0.5) is 0 Å². The summed E-state index contributed by atoms with van der Waals surface area (Å²) in [5.41, 5.74) is 2.89. The van der Waals surface area contributed by atoms with Crippen LogP contribution in [-0.2, 0) is 5.60 Å². The van der Waals surface area contributed by atoms with Crippen LogP contribution in [0.25, 0.3) is 0 Å². The summed E-state index contributed by atoms with van der Waals surface area (Å²) in [5.74, 6) is 1.87. The molecule has 1 fully saturated rings. The Balaban J connectivity index is 0.00000261. The van der Waals surface area contributed by atoms with E-state index in [4.69, 9.17) is 9.72 Å². The molecule has 2 aromatic rings. The van der Waals surface area contributed by atoms with Crippen LogP contribution in [0.2, 0.25) is 0 Å². The number of nitrogens with zero attached hydrogens (tertiary/aromatic N) is 2. The molecule has 1 aromatic heterocycles. The molecule has 148 valence electrons. The van der Waals surface area contributed by atoms with Crippen molar-refractivity contribution >= 4 is 12.4 Å². The van der Waals surface area contributed by atoms with Gasteiger partial charge in [-0.15, -0.1) is 12.4 Å². The van der Waals surface area contributed by atoms with E-state index in [1.165, 1.54) is 0 Å². The summed E-state index contributed by atoms with van der Waals surface area (Å²) < 4.78 is 5.94. The molecule has 3 rings (SSSR count). The highest BCUT2D eigenvalue weighted by Gasteiger charge is 2.32. The van der Waals surface area contributed by atoms with Crippen molar-refractivity contribution in [2.75, 3.05) is 19.7 Å². The van der Waals surface area contributed by atoms with Crippen molar-refractivity contribution in [2.24, 2.45) is 0 Å². The summed E-state index contributed by atoms with van der Waals surface area (Å²) in [5, 5.41) is 14.6. The molecule has 1 aliphatic heterocycles. The third kappa shape index (κ3) is 5.41. The summed E-state index contributed by atoms with van der Waals surface area (Å²) in [6.45, 7) is 9.90. The first-order chi connectivity index (χ1) is 12.3. The number of piperidine rings is 1. The second-order valence-electron chi connectivity index (χ2n) is 7.63. The van der Waals surface area contributed by atoms with Gasteiger partial charge < -0.3 is 15.2 Å². The molecule has 0 amide bonds. The van der Waals surface area contributed by atoms with E-state index in [0.717, 1.165) is 59.9 Å². The minimum Gasteiger partial charge on any atom is -0.490 e. The zero-order valence-electron chi connectivity index (χ0n) is 16.6. The summed E-state index contributed by atoms with van der Waals surface area (Å²) in [7, 11) is 0. The van der Waals surface area contributed by atoms with E-state index in [-0.39, 0.29) is 19.0 Å². The highest BCUT2D eigenvalue weighted by atomic mass is 35.5. The number of aliphatic hydroxyl groups is 1. The van der Waals surface area contributed by atoms with E-state index in [1.807, 2.05) is 32.9 Å². The Morgan fingerprint density at radius 1 is 1.15 bits per heavy atom. The third-order valence-electron chi connectivity index (χ3n) is 4.96. The average Bonchev–Trinajstić information content (AvgIpc) is 2.60. The fourth-order valence-corrected chi connectivity index (χ4v) is 3.63. The van der Waals surface area contributed by atoms with Gasteiger partial charge in [-0.05, 0) is 76.9 Å². The third-order valence-corrected chi connectivity index (χ3v) is 4.96. The van der Waals surface area contributed by atoms with Crippen molar-refractivity contribution in [3.8, 4) is 5.75 Å². The number of benzene rings is 1. The van der Waals surface area contributed by atoms with Gasteiger partial charge in [0, 0.05) is 17.7 Å². The zero-order chi connectivity index (χ0) is 18.7. The molecule has 1 atom stereocenters. The maximum Gasteiger partial charge on any atom is 0.125 e. The predicted octanol–water partition coefficient (Wildman–Crippen LogP) is 3.58. The molecule has 27 heavy (non-hydrogen) atoms. The summed E-state index contributed by atoms with van der Waals surface area (Å²) >= 11 is 0. The molecule has 6 heteroatoms. The Bertz CT molecular complexity index is 754. The zero-order valence-corrected chi connectivity index (χ0v) is 17.4. The summed E-state index contributed by atoms with van der Waals surface area (Å²) in [6.07, 6.45) is 3.82. The van der Waals surface area contributed by atoms with Gasteiger partial charge in [0.25, 0.3) is 0 Å². The molecule has 2 heterocycles. The Hall–Kier alpha value is -1.69. The van der Waals surface area contributed by atoms with E-state index < -0.39 is 5.60 Å². The fourth-order valence-electron chi connectivity index (χ4n) is 3.63. The molecule has 1 aliphatic rings. The lowest BCUT2D eigenvalue weighted by molar-refractivity contribution is 0.00568. The number of nitrogens with one attached hydrogen (secondary N) is 1. The number of halogens is 1. The normalized spacial score (nSPS) is 17.1. The van der Waals surface area contributed by atoms with Crippen LogP contribution in [-0.4, -0.2) is 34.8 Å². The lowest BCUT2D eigenvalue weighted by Crippen LogP contribution is -2.34. The standard InChI is InChI=1S/C21H29N3O2.ClH/c1-14-9-15(2)11-18(10-14)26-13-21(4,25)19-12-23-16(3)24-20(19)17-5-7-22-8-6-17;/h9-12,17,22,25H,5-8,13H2,1-4H3;1H. The van der Waals surface area contributed by atoms with E-state index in [0.29, 0.717) is 5.92 Å². The van der Waals surface area contributed by atoms with Gasteiger partial charge in [0.05, 0.1) is 5.69 Å². The van der Waals surface area contributed by atoms with Crippen LogP contribution < -0.4 is 10.1 Å². The average molecular weight is 392 g/mol. The lowest BCUT2D eigenvalue weighted by Gasteiger charge is -2.30. The quantitative estimate of drug-likeness (QED) is 0.815. The second-order valence-corrected chi connectivity index (χ2v) is 7.63. The number of hydrogen-bond acceptors (Lipinski definition) is 5. The summed E-state index contributed by atoms with van der Waals surface area (Å²) in [6, 6.07) is 6.08.